The second kappa shape index (κ2) is 7.09. The van der Waals surface area contributed by atoms with Gasteiger partial charge in [0, 0.05) is 24.3 Å². The first-order valence-electron chi connectivity index (χ1n) is 7.57. The summed E-state index contributed by atoms with van der Waals surface area (Å²) < 4.78 is 1.83. The number of hydrogen-bond acceptors (Lipinski definition) is 3. The van der Waals surface area contributed by atoms with Gasteiger partial charge in [-0.05, 0) is 51.1 Å². The molecular formula is C17H21N3O3. The highest BCUT2D eigenvalue weighted by Crippen LogP contribution is 2.14. The Hall–Kier alpha value is -2.63. The van der Waals surface area contributed by atoms with Crippen molar-refractivity contribution in [2.45, 2.75) is 27.2 Å². The smallest absolute Gasteiger partial charge is 0.305 e. The maximum absolute atomic E-state index is 12.4. The van der Waals surface area contributed by atoms with Crippen LogP contribution in [-0.2, 0) is 4.79 Å². The number of nitrogens with zero attached hydrogens (tertiary/aromatic N) is 3. The number of aryl methyl sites for hydroxylation is 2. The lowest BCUT2D eigenvalue weighted by Crippen LogP contribution is -2.32. The molecule has 0 aliphatic heterocycles. The zero-order valence-electron chi connectivity index (χ0n) is 13.6. The third kappa shape index (κ3) is 3.97. The summed E-state index contributed by atoms with van der Waals surface area (Å²) in [4.78, 5) is 24.6. The monoisotopic (exact) mass is 315 g/mol. The van der Waals surface area contributed by atoms with Gasteiger partial charge in [0.1, 0.15) is 0 Å². The molecule has 1 amide bonds. The zero-order chi connectivity index (χ0) is 17.0. The van der Waals surface area contributed by atoms with Crippen molar-refractivity contribution < 1.29 is 14.7 Å². The van der Waals surface area contributed by atoms with Gasteiger partial charge in [0.25, 0.3) is 5.91 Å². The minimum Gasteiger partial charge on any atom is -0.481 e. The number of carbonyl (C=O) groups excluding carboxylic acids is 1. The van der Waals surface area contributed by atoms with Crippen LogP contribution in [0.25, 0.3) is 5.69 Å². The van der Waals surface area contributed by atoms with E-state index in [1.165, 1.54) is 4.90 Å². The number of hydrogen-bond donors (Lipinski definition) is 1. The van der Waals surface area contributed by atoms with Gasteiger partial charge in [0.05, 0.1) is 17.8 Å². The van der Waals surface area contributed by atoms with E-state index >= 15 is 0 Å². The third-order valence-corrected chi connectivity index (χ3v) is 3.63. The molecule has 6 heteroatoms. The molecule has 6 nitrogen and oxygen atoms in total. The Morgan fingerprint density at radius 3 is 2.35 bits per heavy atom. The standard InChI is InChI=1S/C17H21N3O3/c1-4-19(10-9-16(21)22)17(23)14-5-7-15(8-6-14)20-13(3)11-12(2)18-20/h5-8,11H,4,9-10H2,1-3H3,(H,21,22). The molecule has 2 rings (SSSR count). The van der Waals surface area contributed by atoms with E-state index in [9.17, 15) is 9.59 Å². The number of carbonyl (C=O) groups is 2. The highest BCUT2D eigenvalue weighted by atomic mass is 16.4. The summed E-state index contributed by atoms with van der Waals surface area (Å²) >= 11 is 0. The van der Waals surface area contributed by atoms with Crippen molar-refractivity contribution in [2.75, 3.05) is 13.1 Å². The molecule has 0 bridgehead atoms. The van der Waals surface area contributed by atoms with Crippen LogP contribution in [0.2, 0.25) is 0 Å². The zero-order valence-corrected chi connectivity index (χ0v) is 13.6. The second-order valence-corrected chi connectivity index (χ2v) is 5.41. The number of carboxylic acids is 1. The van der Waals surface area contributed by atoms with Gasteiger partial charge >= 0.3 is 5.97 Å². The number of aromatic nitrogens is 2. The van der Waals surface area contributed by atoms with E-state index in [1.807, 2.05) is 43.7 Å². The van der Waals surface area contributed by atoms with E-state index in [2.05, 4.69) is 5.10 Å². The van der Waals surface area contributed by atoms with Crippen LogP contribution in [0.1, 0.15) is 35.1 Å². The van der Waals surface area contributed by atoms with Crippen LogP contribution in [0.4, 0.5) is 0 Å². The molecule has 0 atom stereocenters. The predicted octanol–water partition coefficient (Wildman–Crippen LogP) is 2.43. The van der Waals surface area contributed by atoms with Crippen molar-refractivity contribution in [2.24, 2.45) is 0 Å². The predicted molar refractivity (Wildman–Crippen MR) is 86.9 cm³/mol. The molecule has 1 N–H and O–H groups in total. The van der Waals surface area contributed by atoms with Crippen LogP contribution >= 0.6 is 0 Å². The van der Waals surface area contributed by atoms with Gasteiger partial charge in [-0.1, -0.05) is 0 Å². The lowest BCUT2D eigenvalue weighted by atomic mass is 10.1. The molecule has 1 aromatic heterocycles. The summed E-state index contributed by atoms with van der Waals surface area (Å²) in [5.74, 6) is -1.07. The molecule has 122 valence electrons. The first kappa shape index (κ1) is 16.7. The van der Waals surface area contributed by atoms with Gasteiger partial charge in [0.2, 0.25) is 0 Å². The van der Waals surface area contributed by atoms with Crippen molar-refractivity contribution in [1.29, 1.82) is 0 Å². The quantitative estimate of drug-likeness (QED) is 0.888. The summed E-state index contributed by atoms with van der Waals surface area (Å²) in [6.07, 6.45) is -0.0522. The van der Waals surface area contributed by atoms with Crippen molar-refractivity contribution >= 4 is 11.9 Å². The molecular weight excluding hydrogens is 294 g/mol. The minimum absolute atomic E-state index is 0.0522. The normalized spacial score (nSPS) is 10.6. The maximum Gasteiger partial charge on any atom is 0.305 e. The first-order chi connectivity index (χ1) is 10.9. The number of aliphatic carboxylic acids is 1. The molecule has 0 radical (unpaired) electrons. The number of rotatable bonds is 6. The molecule has 0 aliphatic carbocycles. The van der Waals surface area contributed by atoms with Crippen LogP contribution in [0, 0.1) is 13.8 Å². The molecule has 1 heterocycles. The van der Waals surface area contributed by atoms with Gasteiger partial charge in [0.15, 0.2) is 0 Å². The number of carboxylic acid groups (broad SMARTS) is 1. The molecule has 0 spiro atoms. The summed E-state index contributed by atoms with van der Waals surface area (Å²) in [6.45, 7) is 6.44. The van der Waals surface area contributed by atoms with Gasteiger partial charge in [-0.2, -0.15) is 5.10 Å². The molecule has 1 aromatic carbocycles. The Morgan fingerprint density at radius 1 is 1.22 bits per heavy atom. The van der Waals surface area contributed by atoms with Gasteiger partial charge in [-0.3, -0.25) is 9.59 Å². The average Bonchev–Trinajstić information content (AvgIpc) is 2.86. The Balaban J connectivity index is 2.16. The van der Waals surface area contributed by atoms with Crippen LogP contribution in [0.15, 0.2) is 30.3 Å². The van der Waals surface area contributed by atoms with Crippen molar-refractivity contribution in [1.82, 2.24) is 14.7 Å². The van der Waals surface area contributed by atoms with Crippen LogP contribution in [0.3, 0.4) is 0 Å². The van der Waals surface area contributed by atoms with Crippen molar-refractivity contribution in [3.63, 3.8) is 0 Å². The third-order valence-electron chi connectivity index (χ3n) is 3.63. The number of amides is 1. The molecule has 0 saturated carbocycles. The fourth-order valence-corrected chi connectivity index (χ4v) is 2.45. The van der Waals surface area contributed by atoms with E-state index in [1.54, 1.807) is 12.1 Å². The van der Waals surface area contributed by atoms with Crippen molar-refractivity contribution in [3.8, 4) is 5.69 Å². The van der Waals surface area contributed by atoms with Crippen LogP contribution in [0.5, 0.6) is 0 Å². The highest BCUT2D eigenvalue weighted by Gasteiger charge is 2.15. The van der Waals surface area contributed by atoms with E-state index < -0.39 is 5.97 Å². The Kier molecular flexibility index (Phi) is 5.16. The fraction of sp³-hybridized carbons (Fsp3) is 0.353. The topological polar surface area (TPSA) is 75.4 Å². The van der Waals surface area contributed by atoms with Crippen LogP contribution < -0.4 is 0 Å². The van der Waals surface area contributed by atoms with E-state index in [0.717, 1.165) is 17.1 Å². The average molecular weight is 315 g/mol. The number of benzene rings is 1. The Bertz CT molecular complexity index is 704. The van der Waals surface area contributed by atoms with E-state index in [-0.39, 0.29) is 18.9 Å². The van der Waals surface area contributed by atoms with Gasteiger partial charge in [-0.15, -0.1) is 0 Å². The van der Waals surface area contributed by atoms with E-state index in [0.29, 0.717) is 12.1 Å². The van der Waals surface area contributed by atoms with Gasteiger partial charge < -0.3 is 10.0 Å². The molecule has 2 aromatic rings. The SMILES string of the molecule is CCN(CCC(=O)O)C(=O)c1ccc(-n2nc(C)cc2C)cc1. The Labute approximate surface area is 135 Å². The molecule has 0 fully saturated rings. The molecule has 0 saturated heterocycles. The van der Waals surface area contributed by atoms with Gasteiger partial charge in [-0.25, -0.2) is 4.68 Å². The highest BCUT2D eigenvalue weighted by molar-refractivity contribution is 5.94. The van der Waals surface area contributed by atoms with E-state index in [4.69, 9.17) is 5.11 Å². The summed E-state index contributed by atoms with van der Waals surface area (Å²) in [5, 5.41) is 13.2. The summed E-state index contributed by atoms with van der Waals surface area (Å²) in [5.41, 5.74) is 3.40. The maximum atomic E-state index is 12.4. The first-order valence-corrected chi connectivity index (χ1v) is 7.57. The molecule has 23 heavy (non-hydrogen) atoms. The summed E-state index contributed by atoms with van der Waals surface area (Å²) in [7, 11) is 0. The second-order valence-electron chi connectivity index (χ2n) is 5.41. The van der Waals surface area contributed by atoms with Crippen LogP contribution in [-0.4, -0.2) is 44.8 Å². The Morgan fingerprint density at radius 2 is 1.87 bits per heavy atom. The largest absolute Gasteiger partial charge is 0.481 e. The van der Waals surface area contributed by atoms with Crippen molar-refractivity contribution in [3.05, 3.63) is 47.3 Å². The minimum atomic E-state index is -0.906. The fourth-order valence-electron chi connectivity index (χ4n) is 2.45. The molecule has 0 unspecified atom stereocenters. The molecule has 0 aliphatic rings. The summed E-state index contributed by atoms with van der Waals surface area (Å²) in [6, 6.07) is 9.17. The lowest BCUT2D eigenvalue weighted by molar-refractivity contribution is -0.137. The lowest BCUT2D eigenvalue weighted by Gasteiger charge is -2.20.